The third-order valence-electron chi connectivity index (χ3n) is 9.75. The smallest absolute Gasteiger partial charge is 0.407 e. The molecule has 4 aromatic rings. The average Bonchev–Trinajstić information content (AvgIpc) is 3.60. The van der Waals surface area contributed by atoms with E-state index in [2.05, 4.69) is 31.5 Å². The van der Waals surface area contributed by atoms with E-state index >= 15 is 0 Å². The van der Waals surface area contributed by atoms with Gasteiger partial charge in [-0.2, -0.15) is 0 Å². The van der Waals surface area contributed by atoms with E-state index in [1.165, 1.54) is 11.0 Å². The molecule has 0 bridgehead atoms. The number of hydrogen-bond acceptors (Lipinski definition) is 9. The topological polar surface area (TPSA) is 176 Å². The lowest BCUT2D eigenvalue weighted by molar-refractivity contribution is -0.130. The van der Waals surface area contributed by atoms with E-state index < -0.39 is 23.6 Å². The molecule has 0 unspecified atom stereocenters. The highest BCUT2D eigenvalue weighted by atomic mass is 16.6. The Kier molecular flexibility index (Phi) is 11.7. The van der Waals surface area contributed by atoms with Crippen LogP contribution in [0.4, 0.5) is 16.3 Å². The van der Waals surface area contributed by atoms with Crippen LogP contribution in [0.1, 0.15) is 52.0 Å². The van der Waals surface area contributed by atoms with Gasteiger partial charge in [0.15, 0.2) is 0 Å². The summed E-state index contributed by atoms with van der Waals surface area (Å²) in [5.41, 5.74) is 10.3. The maximum Gasteiger partial charge on any atom is 0.407 e. The Hall–Kier alpha value is -5.27. The number of nitrogens with two attached hydrogens (primary N) is 1. The summed E-state index contributed by atoms with van der Waals surface area (Å²) in [7, 11) is 0. The van der Waals surface area contributed by atoms with Crippen LogP contribution in [0.2, 0.25) is 0 Å². The summed E-state index contributed by atoms with van der Waals surface area (Å²) in [6.45, 7) is 8.95. The molecular formula is C40H49N7O6. The van der Waals surface area contributed by atoms with Crippen LogP contribution >= 0.6 is 0 Å². The van der Waals surface area contributed by atoms with Crippen molar-refractivity contribution >= 4 is 29.4 Å². The number of anilines is 2. The molecule has 6 rings (SSSR count). The number of carbonyl (C=O) groups excluding carboxylic acids is 3. The van der Waals surface area contributed by atoms with Gasteiger partial charge in [-0.1, -0.05) is 36.4 Å². The number of alkyl carbamates (subject to hydrolysis) is 1. The molecule has 1 saturated carbocycles. The molecule has 280 valence electrons. The first-order valence-corrected chi connectivity index (χ1v) is 18.3. The van der Waals surface area contributed by atoms with Crippen molar-refractivity contribution in [1.29, 1.82) is 0 Å². The standard InChI is InChI=1S/C40H49N7O6/c1-40(2,3)53-39(51)43-24-27-6-10-30(11-7-27)37(49)47(32-15-12-29(13-16-32)34-23-36(48)45-44-34)38(50)33(41)22-26-4-8-28(9-5-26)31-14-17-35(42-25-31)46-18-20-52-21-19-46/h4-5,8-9,12-17,23,25,27,30,33H,6-7,10-11,18-22,24,41H2,1-3H3,(H,43,51)(H2,44,45,48)/t27?,30?,33-/m0/s1. The molecular weight excluding hydrogens is 674 g/mol. The maximum absolute atomic E-state index is 14.2. The monoisotopic (exact) mass is 723 g/mol. The molecule has 3 amide bonds. The van der Waals surface area contributed by atoms with Gasteiger partial charge in [-0.3, -0.25) is 24.6 Å². The highest BCUT2D eigenvalue weighted by Gasteiger charge is 2.35. The SMILES string of the molecule is CC(C)(C)OC(=O)NCC1CCC(C(=O)N(C(=O)[C@@H](N)Cc2ccc(-c3ccc(N4CCOCC4)nc3)cc2)c2ccc(-c3cc(=O)[nH][nH]3)cc2)CC1. The number of nitrogens with zero attached hydrogens (tertiary/aromatic N) is 3. The van der Waals surface area contributed by atoms with Gasteiger partial charge < -0.3 is 25.4 Å². The van der Waals surface area contributed by atoms with Gasteiger partial charge in [-0.25, -0.2) is 14.7 Å². The van der Waals surface area contributed by atoms with Crippen LogP contribution in [0.5, 0.6) is 0 Å². The molecule has 2 aromatic carbocycles. The number of morpholine rings is 1. The predicted molar refractivity (Wildman–Crippen MR) is 203 cm³/mol. The number of hydrogen-bond donors (Lipinski definition) is 4. The maximum atomic E-state index is 14.2. The normalized spacial score (nSPS) is 18.2. The van der Waals surface area contributed by atoms with Gasteiger partial charge in [0, 0.05) is 43.4 Å². The van der Waals surface area contributed by atoms with Crippen LogP contribution < -0.4 is 26.4 Å². The molecule has 53 heavy (non-hydrogen) atoms. The molecule has 2 aromatic heterocycles. The quantitative estimate of drug-likeness (QED) is 0.175. The number of aromatic amines is 2. The molecule has 1 aliphatic carbocycles. The highest BCUT2D eigenvalue weighted by Crippen LogP contribution is 2.32. The van der Waals surface area contributed by atoms with Gasteiger partial charge in [0.1, 0.15) is 11.4 Å². The number of amides is 3. The van der Waals surface area contributed by atoms with Crippen LogP contribution in [0.3, 0.4) is 0 Å². The zero-order valence-electron chi connectivity index (χ0n) is 30.6. The summed E-state index contributed by atoms with van der Waals surface area (Å²) < 4.78 is 10.8. The van der Waals surface area contributed by atoms with Crippen LogP contribution in [0, 0.1) is 11.8 Å². The Morgan fingerprint density at radius 1 is 0.943 bits per heavy atom. The molecule has 2 aliphatic rings. The van der Waals surface area contributed by atoms with Crippen LogP contribution in [0.15, 0.2) is 77.7 Å². The van der Waals surface area contributed by atoms with E-state index in [1.807, 2.05) is 57.3 Å². The van der Waals surface area contributed by atoms with Crippen molar-refractivity contribution in [2.75, 3.05) is 42.6 Å². The Morgan fingerprint density at radius 3 is 2.21 bits per heavy atom. The Bertz CT molecular complexity index is 1900. The fourth-order valence-corrected chi connectivity index (χ4v) is 6.86. The van der Waals surface area contributed by atoms with Gasteiger partial charge in [-0.05, 0) is 99.7 Å². The number of rotatable bonds is 10. The number of ether oxygens (including phenoxy) is 2. The number of H-pyrrole nitrogens is 2. The first-order valence-electron chi connectivity index (χ1n) is 18.3. The second-order valence-corrected chi connectivity index (χ2v) is 14.8. The van der Waals surface area contributed by atoms with Gasteiger partial charge in [0.05, 0.1) is 30.6 Å². The second kappa shape index (κ2) is 16.6. The van der Waals surface area contributed by atoms with Crippen LogP contribution in [-0.4, -0.2) is 77.6 Å². The van der Waals surface area contributed by atoms with Crippen molar-refractivity contribution in [3.05, 3.63) is 88.8 Å². The molecule has 5 N–H and O–H groups in total. The minimum absolute atomic E-state index is 0.197. The number of nitrogens with one attached hydrogen (secondary N) is 3. The number of imide groups is 1. The molecule has 0 spiro atoms. The van der Waals surface area contributed by atoms with Crippen LogP contribution in [0.25, 0.3) is 22.4 Å². The van der Waals surface area contributed by atoms with E-state index in [0.29, 0.717) is 44.0 Å². The van der Waals surface area contributed by atoms with E-state index in [9.17, 15) is 19.2 Å². The van der Waals surface area contributed by atoms with E-state index in [1.54, 1.807) is 24.3 Å². The lowest BCUT2D eigenvalue weighted by Crippen LogP contribution is -2.50. The summed E-state index contributed by atoms with van der Waals surface area (Å²) in [4.78, 5) is 60.3. The summed E-state index contributed by atoms with van der Waals surface area (Å²) in [6, 6.07) is 19.3. The largest absolute Gasteiger partial charge is 0.444 e. The summed E-state index contributed by atoms with van der Waals surface area (Å²) in [5.74, 6) is -0.0439. The van der Waals surface area contributed by atoms with Crippen LogP contribution in [-0.2, 0) is 25.5 Å². The summed E-state index contributed by atoms with van der Waals surface area (Å²) >= 11 is 0. The molecule has 1 atom stereocenters. The number of pyridine rings is 1. The molecule has 0 radical (unpaired) electrons. The molecule has 13 nitrogen and oxygen atoms in total. The number of benzene rings is 2. The second-order valence-electron chi connectivity index (χ2n) is 14.8. The minimum Gasteiger partial charge on any atom is -0.444 e. The number of carbonyl (C=O) groups is 3. The average molecular weight is 724 g/mol. The molecule has 3 heterocycles. The first-order chi connectivity index (χ1) is 25.4. The van der Waals surface area contributed by atoms with Gasteiger partial charge in [-0.15, -0.1) is 0 Å². The van der Waals surface area contributed by atoms with Gasteiger partial charge in [0.2, 0.25) is 5.91 Å². The van der Waals surface area contributed by atoms with E-state index in [4.69, 9.17) is 15.2 Å². The van der Waals surface area contributed by atoms with E-state index in [-0.39, 0.29) is 29.7 Å². The van der Waals surface area contributed by atoms with Gasteiger partial charge >= 0.3 is 6.09 Å². The lowest BCUT2D eigenvalue weighted by Gasteiger charge is -2.32. The number of aromatic nitrogens is 3. The third kappa shape index (κ3) is 9.79. The molecule has 1 saturated heterocycles. The Labute approximate surface area is 309 Å². The lowest BCUT2D eigenvalue weighted by atomic mass is 9.81. The van der Waals surface area contributed by atoms with E-state index in [0.717, 1.165) is 54.0 Å². The van der Waals surface area contributed by atoms with Crippen molar-refractivity contribution in [3.63, 3.8) is 0 Å². The van der Waals surface area contributed by atoms with Crippen molar-refractivity contribution in [2.24, 2.45) is 17.6 Å². The third-order valence-corrected chi connectivity index (χ3v) is 9.75. The van der Waals surface area contributed by atoms with Crippen molar-refractivity contribution < 1.29 is 23.9 Å². The Balaban J connectivity index is 1.13. The summed E-state index contributed by atoms with van der Waals surface area (Å²) in [5, 5.41) is 8.20. The van der Waals surface area contributed by atoms with Crippen molar-refractivity contribution in [3.8, 4) is 22.4 Å². The Morgan fingerprint density at radius 2 is 1.60 bits per heavy atom. The molecule has 1 aliphatic heterocycles. The van der Waals surface area contributed by atoms with Crippen molar-refractivity contribution in [1.82, 2.24) is 20.5 Å². The fourth-order valence-electron chi connectivity index (χ4n) is 6.86. The molecule has 2 fully saturated rings. The highest BCUT2D eigenvalue weighted by molar-refractivity contribution is 6.17. The predicted octanol–water partition coefficient (Wildman–Crippen LogP) is 5.03. The van der Waals surface area contributed by atoms with Gasteiger partial charge in [0.25, 0.3) is 11.5 Å². The zero-order valence-corrected chi connectivity index (χ0v) is 30.6. The summed E-state index contributed by atoms with van der Waals surface area (Å²) in [6.07, 6.45) is 4.23. The van der Waals surface area contributed by atoms with Crippen molar-refractivity contribution in [2.45, 2.75) is 64.5 Å². The first kappa shape index (κ1) is 37.5. The molecule has 13 heteroatoms. The minimum atomic E-state index is -0.977. The fraction of sp³-hybridized carbons (Fsp3) is 0.425. The zero-order chi connectivity index (χ0) is 37.5.